The van der Waals surface area contributed by atoms with Gasteiger partial charge in [-0.25, -0.2) is 5.53 Å². The third kappa shape index (κ3) is 4.92. The lowest BCUT2D eigenvalue weighted by Gasteiger charge is -2.08. The summed E-state index contributed by atoms with van der Waals surface area (Å²) in [7, 11) is -3.94. The average Bonchev–Trinajstić information content (AvgIpc) is 2.24. The second-order valence-electron chi connectivity index (χ2n) is 3.57. The number of benzene rings is 1. The summed E-state index contributed by atoms with van der Waals surface area (Å²) in [6, 6.07) is 5.19. The van der Waals surface area contributed by atoms with Crippen LogP contribution in [0, 0.1) is 12.5 Å². The molecule has 0 aliphatic rings. The van der Waals surface area contributed by atoms with Crippen LogP contribution in [0.2, 0.25) is 0 Å². The Balaban J connectivity index is 2.55. The second-order valence-corrected chi connectivity index (χ2v) is 5.14. The highest BCUT2D eigenvalue weighted by Gasteiger charge is 2.06. The van der Waals surface area contributed by atoms with Gasteiger partial charge in [0.1, 0.15) is 11.4 Å². The van der Waals surface area contributed by atoms with Gasteiger partial charge in [-0.05, 0) is 31.0 Å². The lowest BCUT2D eigenvalue weighted by Crippen LogP contribution is -2.08. The molecule has 6 nitrogen and oxygen atoms in total. The molecule has 0 saturated heterocycles. The largest absolute Gasteiger partial charge is 0.491 e. The maximum atomic E-state index is 10.5. The van der Waals surface area contributed by atoms with Gasteiger partial charge in [-0.2, -0.15) is 13.5 Å². The zero-order valence-electron chi connectivity index (χ0n) is 9.38. The molecule has 0 bridgehead atoms. The summed E-state index contributed by atoms with van der Waals surface area (Å²) in [5.74, 6) is 0.0904. The molecule has 0 heterocycles. The number of rotatable bonds is 6. The highest BCUT2D eigenvalue weighted by molar-refractivity contribution is 7.85. The summed E-state index contributed by atoms with van der Waals surface area (Å²) in [5.41, 5.74) is 8.33. The minimum absolute atomic E-state index is 0.144. The van der Waals surface area contributed by atoms with Crippen LogP contribution in [0.4, 0.5) is 5.69 Å². The minimum atomic E-state index is -3.94. The Hall–Kier alpha value is -1.47. The molecule has 0 radical (unpaired) electrons. The fourth-order valence-corrected chi connectivity index (χ4v) is 1.74. The van der Waals surface area contributed by atoms with Crippen molar-refractivity contribution < 1.29 is 17.7 Å². The standard InChI is InChI=1S/C10H14N2O4S/c1-8-3-4-10(9(7-8)12-11)16-5-2-6-17(13,14)15/h3-4,7,11H,2,5-6H2,1H3,(H,13,14,15). The fraction of sp³-hybridized carbons (Fsp3) is 0.400. The molecule has 0 atom stereocenters. The third-order valence-electron chi connectivity index (χ3n) is 2.04. The van der Waals surface area contributed by atoms with Gasteiger partial charge in [0, 0.05) is 0 Å². The smallest absolute Gasteiger partial charge is 0.264 e. The number of hydrogen-bond donors (Lipinski definition) is 2. The minimum Gasteiger partial charge on any atom is -0.491 e. The van der Waals surface area contributed by atoms with Gasteiger partial charge < -0.3 is 4.74 Å². The van der Waals surface area contributed by atoms with Gasteiger partial charge in [0.25, 0.3) is 10.1 Å². The van der Waals surface area contributed by atoms with E-state index in [4.69, 9.17) is 14.8 Å². The molecule has 7 heteroatoms. The summed E-state index contributed by atoms with van der Waals surface area (Å²) in [4.78, 5) is 0. The molecule has 0 amide bonds. The van der Waals surface area contributed by atoms with E-state index >= 15 is 0 Å². The molecule has 1 rings (SSSR count). The van der Waals surface area contributed by atoms with Gasteiger partial charge in [-0.15, -0.1) is 0 Å². The first kappa shape index (κ1) is 13.6. The Kier molecular flexibility index (Phi) is 4.59. The maximum Gasteiger partial charge on any atom is 0.264 e. The van der Waals surface area contributed by atoms with E-state index in [1.54, 1.807) is 12.1 Å². The summed E-state index contributed by atoms with van der Waals surface area (Å²) >= 11 is 0. The predicted molar refractivity (Wildman–Crippen MR) is 62.5 cm³/mol. The van der Waals surface area contributed by atoms with Crippen LogP contribution in [0.15, 0.2) is 23.3 Å². The maximum absolute atomic E-state index is 10.5. The van der Waals surface area contributed by atoms with E-state index in [0.29, 0.717) is 11.4 Å². The highest BCUT2D eigenvalue weighted by atomic mass is 32.2. The van der Waals surface area contributed by atoms with Crippen LogP contribution in [0.1, 0.15) is 12.0 Å². The van der Waals surface area contributed by atoms with Gasteiger partial charge in [0.15, 0.2) is 0 Å². The Morgan fingerprint density at radius 2 is 2.18 bits per heavy atom. The molecule has 0 aliphatic heterocycles. The van der Waals surface area contributed by atoms with E-state index in [0.717, 1.165) is 5.56 Å². The SMILES string of the molecule is Cc1ccc(OCCCS(=O)(=O)O)c(N=N)c1. The summed E-state index contributed by atoms with van der Waals surface area (Å²) in [6.07, 6.45) is 0.185. The number of nitrogens with zero attached hydrogens (tertiary/aromatic N) is 1. The Labute approximate surface area is 99.9 Å². The highest BCUT2D eigenvalue weighted by Crippen LogP contribution is 2.28. The molecule has 94 valence electrons. The van der Waals surface area contributed by atoms with Gasteiger partial charge in [0.05, 0.1) is 12.4 Å². The Morgan fingerprint density at radius 1 is 1.47 bits per heavy atom. The molecule has 1 aromatic rings. The van der Waals surface area contributed by atoms with Crippen LogP contribution in [0.25, 0.3) is 0 Å². The van der Waals surface area contributed by atoms with Gasteiger partial charge in [-0.3, -0.25) is 4.55 Å². The third-order valence-corrected chi connectivity index (χ3v) is 2.84. The average molecular weight is 258 g/mol. The lowest BCUT2D eigenvalue weighted by atomic mass is 10.2. The van der Waals surface area contributed by atoms with Crippen LogP contribution in [0.5, 0.6) is 5.75 Å². The van der Waals surface area contributed by atoms with Crippen molar-refractivity contribution in [3.05, 3.63) is 23.8 Å². The molecule has 0 fully saturated rings. The van der Waals surface area contributed by atoms with Crippen molar-refractivity contribution in [3.63, 3.8) is 0 Å². The molecule has 0 saturated carbocycles. The van der Waals surface area contributed by atoms with Gasteiger partial charge in [0.2, 0.25) is 0 Å². The predicted octanol–water partition coefficient (Wildman–Crippen LogP) is 2.31. The zero-order chi connectivity index (χ0) is 12.9. The summed E-state index contributed by atoms with van der Waals surface area (Å²) < 4.78 is 34.7. The van der Waals surface area contributed by atoms with Crippen LogP contribution in [0.3, 0.4) is 0 Å². The van der Waals surface area contributed by atoms with E-state index in [1.807, 2.05) is 13.0 Å². The quantitative estimate of drug-likeness (QED) is 0.464. The van der Waals surface area contributed by atoms with Crippen molar-refractivity contribution in [1.29, 1.82) is 5.53 Å². The number of ether oxygens (including phenoxy) is 1. The van der Waals surface area contributed by atoms with Gasteiger partial charge in [-0.1, -0.05) is 6.07 Å². The number of nitrogens with one attached hydrogen (secondary N) is 1. The zero-order valence-corrected chi connectivity index (χ0v) is 10.2. The van der Waals surface area contributed by atoms with Crippen LogP contribution in [-0.4, -0.2) is 25.3 Å². The topological polar surface area (TPSA) is 99.8 Å². The van der Waals surface area contributed by atoms with Crippen LogP contribution in [-0.2, 0) is 10.1 Å². The lowest BCUT2D eigenvalue weighted by molar-refractivity contribution is 0.317. The normalized spacial score (nSPS) is 11.2. The molecule has 2 N–H and O–H groups in total. The monoisotopic (exact) mass is 258 g/mol. The van der Waals surface area contributed by atoms with Gasteiger partial charge >= 0.3 is 0 Å². The first-order valence-electron chi connectivity index (χ1n) is 4.98. The molecule has 0 aliphatic carbocycles. The summed E-state index contributed by atoms with van der Waals surface area (Å²) in [6.45, 7) is 2.02. The van der Waals surface area contributed by atoms with Crippen LogP contribution < -0.4 is 4.74 Å². The van der Waals surface area contributed by atoms with E-state index in [9.17, 15) is 8.42 Å². The Morgan fingerprint density at radius 3 is 2.76 bits per heavy atom. The van der Waals surface area contributed by atoms with Crippen LogP contribution >= 0.6 is 0 Å². The van der Waals surface area contributed by atoms with Crippen molar-refractivity contribution in [3.8, 4) is 5.75 Å². The van der Waals surface area contributed by atoms with E-state index in [1.165, 1.54) is 0 Å². The first-order valence-corrected chi connectivity index (χ1v) is 6.59. The van der Waals surface area contributed by atoms with Crippen molar-refractivity contribution in [2.24, 2.45) is 5.11 Å². The van der Waals surface area contributed by atoms with E-state index in [2.05, 4.69) is 5.11 Å². The fourth-order valence-electron chi connectivity index (χ4n) is 1.26. The molecule has 0 spiro atoms. The van der Waals surface area contributed by atoms with Crippen molar-refractivity contribution in [2.75, 3.05) is 12.4 Å². The van der Waals surface area contributed by atoms with E-state index < -0.39 is 10.1 Å². The molecule has 0 aromatic heterocycles. The molecule has 17 heavy (non-hydrogen) atoms. The second kappa shape index (κ2) is 5.74. The van der Waals surface area contributed by atoms with Crippen molar-refractivity contribution in [1.82, 2.24) is 0 Å². The molecule has 1 aromatic carbocycles. The summed E-state index contributed by atoms with van der Waals surface area (Å²) in [5, 5.41) is 3.32. The van der Waals surface area contributed by atoms with E-state index in [-0.39, 0.29) is 18.8 Å². The molecule has 0 unspecified atom stereocenters. The number of aryl methyl sites for hydroxylation is 1. The van der Waals surface area contributed by atoms with Crippen molar-refractivity contribution in [2.45, 2.75) is 13.3 Å². The number of hydrogen-bond acceptors (Lipinski definition) is 5. The van der Waals surface area contributed by atoms with Crippen molar-refractivity contribution >= 4 is 15.8 Å². The molecular formula is C10H14N2O4S. The Bertz CT molecular complexity index is 499. The molecular weight excluding hydrogens is 244 g/mol. The first-order chi connectivity index (χ1) is 7.92.